The molecule has 0 rings (SSSR count). The van der Waals surface area contributed by atoms with E-state index in [1.165, 1.54) is 0 Å². The third-order valence-electron chi connectivity index (χ3n) is 1.06. The fourth-order valence-electron chi connectivity index (χ4n) is 0.606. The fraction of sp³-hybridized carbons (Fsp3) is 1.00. The lowest BCUT2D eigenvalue weighted by atomic mass is 10.2. The van der Waals surface area contributed by atoms with Crippen LogP contribution in [-0.4, -0.2) is 25.3 Å². The van der Waals surface area contributed by atoms with Gasteiger partial charge in [0.25, 0.3) is 0 Å². The predicted molar refractivity (Wildman–Crippen MR) is 44.2 cm³/mol. The van der Waals surface area contributed by atoms with Crippen molar-refractivity contribution < 1.29 is 4.74 Å². The molecule has 0 aromatic rings. The Morgan fingerprint density at radius 1 is 1.30 bits per heavy atom. The van der Waals surface area contributed by atoms with Crippen LogP contribution < -0.4 is 5.32 Å². The maximum atomic E-state index is 5.47. The summed E-state index contributed by atoms with van der Waals surface area (Å²) >= 11 is 0. The Balaban J connectivity index is 3.04. The van der Waals surface area contributed by atoms with Crippen LogP contribution in [0.25, 0.3) is 0 Å². The van der Waals surface area contributed by atoms with E-state index in [-0.39, 0.29) is 5.60 Å². The zero-order valence-corrected chi connectivity index (χ0v) is 7.53. The van der Waals surface area contributed by atoms with Crippen molar-refractivity contribution in [2.45, 2.75) is 33.3 Å². The highest BCUT2D eigenvalue weighted by Crippen LogP contribution is 2.04. The number of nitrogens with one attached hydrogen (secondary N) is 1. The summed E-state index contributed by atoms with van der Waals surface area (Å²) < 4.78 is 5.47. The Kier molecular flexibility index (Phi) is 4.65. The Morgan fingerprint density at radius 2 is 1.90 bits per heavy atom. The molecule has 2 heteroatoms. The highest BCUT2D eigenvalue weighted by atomic mass is 16.5. The van der Waals surface area contributed by atoms with Gasteiger partial charge in [-0.2, -0.15) is 0 Å². The molecule has 0 spiro atoms. The van der Waals surface area contributed by atoms with Crippen molar-refractivity contribution >= 4 is 0 Å². The van der Waals surface area contributed by atoms with Crippen molar-refractivity contribution in [2.24, 2.45) is 0 Å². The lowest BCUT2D eigenvalue weighted by Gasteiger charge is -2.19. The highest BCUT2D eigenvalue weighted by Gasteiger charge is 2.08. The van der Waals surface area contributed by atoms with Gasteiger partial charge in [-0.1, -0.05) is 6.92 Å². The first-order chi connectivity index (χ1) is 4.56. The van der Waals surface area contributed by atoms with Crippen LogP contribution in [0.15, 0.2) is 0 Å². The van der Waals surface area contributed by atoms with E-state index < -0.39 is 0 Å². The van der Waals surface area contributed by atoms with Crippen LogP contribution in [0.3, 0.4) is 0 Å². The first-order valence-corrected chi connectivity index (χ1v) is 3.91. The van der Waals surface area contributed by atoms with Crippen LogP contribution in [0, 0.1) is 0 Å². The van der Waals surface area contributed by atoms with E-state index in [1.54, 1.807) is 0 Å². The van der Waals surface area contributed by atoms with Gasteiger partial charge in [-0.3, -0.25) is 0 Å². The third kappa shape index (κ3) is 7.92. The summed E-state index contributed by atoms with van der Waals surface area (Å²) in [6.07, 6.45) is 0. The maximum absolute atomic E-state index is 5.47. The maximum Gasteiger partial charge on any atom is 0.0599 e. The van der Waals surface area contributed by atoms with Gasteiger partial charge in [-0.25, -0.2) is 0 Å². The van der Waals surface area contributed by atoms with E-state index in [0.717, 1.165) is 19.7 Å². The van der Waals surface area contributed by atoms with Gasteiger partial charge in [-0.15, -0.1) is 0 Å². The van der Waals surface area contributed by atoms with E-state index in [1.807, 2.05) is 0 Å². The predicted octanol–water partition coefficient (Wildman–Crippen LogP) is 1.41. The summed E-state index contributed by atoms with van der Waals surface area (Å²) in [5.41, 5.74) is 0.00935. The van der Waals surface area contributed by atoms with Gasteiger partial charge >= 0.3 is 0 Å². The molecule has 0 amide bonds. The van der Waals surface area contributed by atoms with Crippen molar-refractivity contribution in [3.63, 3.8) is 0 Å². The summed E-state index contributed by atoms with van der Waals surface area (Å²) in [5.74, 6) is 0. The average Bonchev–Trinajstić information content (AvgIpc) is 1.78. The van der Waals surface area contributed by atoms with Gasteiger partial charge in [0.2, 0.25) is 0 Å². The van der Waals surface area contributed by atoms with E-state index in [9.17, 15) is 0 Å². The van der Waals surface area contributed by atoms with Gasteiger partial charge in [0, 0.05) is 6.54 Å². The normalized spacial score (nSPS) is 12.0. The standard InChI is InChI=1S/C8H19NO/c1-5-9-6-7-10-8(2,3)4/h9H,5-7H2,1-4H3. The van der Waals surface area contributed by atoms with Gasteiger partial charge < -0.3 is 10.1 Å². The van der Waals surface area contributed by atoms with Crippen molar-refractivity contribution in [3.05, 3.63) is 0 Å². The molecule has 0 saturated carbocycles. The quantitative estimate of drug-likeness (QED) is 0.604. The zero-order chi connectivity index (χ0) is 8.04. The van der Waals surface area contributed by atoms with Crippen LogP contribution >= 0.6 is 0 Å². The van der Waals surface area contributed by atoms with Crippen LogP contribution in [-0.2, 0) is 4.74 Å². The lowest BCUT2D eigenvalue weighted by molar-refractivity contribution is -0.000630. The van der Waals surface area contributed by atoms with Gasteiger partial charge in [-0.05, 0) is 27.3 Å². The molecule has 62 valence electrons. The van der Waals surface area contributed by atoms with E-state index in [2.05, 4.69) is 33.0 Å². The lowest BCUT2D eigenvalue weighted by Crippen LogP contribution is -2.26. The topological polar surface area (TPSA) is 21.3 Å². The van der Waals surface area contributed by atoms with E-state index in [4.69, 9.17) is 4.74 Å². The van der Waals surface area contributed by atoms with Crippen molar-refractivity contribution in [1.29, 1.82) is 0 Å². The molecule has 0 heterocycles. The fourth-order valence-corrected chi connectivity index (χ4v) is 0.606. The number of rotatable bonds is 4. The molecule has 0 fully saturated rings. The molecule has 0 bridgehead atoms. The monoisotopic (exact) mass is 145 g/mol. The first-order valence-electron chi connectivity index (χ1n) is 3.91. The van der Waals surface area contributed by atoms with Gasteiger partial charge in [0.1, 0.15) is 0 Å². The third-order valence-corrected chi connectivity index (χ3v) is 1.06. The minimum atomic E-state index is 0.00935. The SMILES string of the molecule is CCNCCOC(C)(C)C. The van der Waals surface area contributed by atoms with Crippen molar-refractivity contribution in [3.8, 4) is 0 Å². The Morgan fingerprint density at radius 3 is 2.30 bits per heavy atom. The Labute approximate surface area is 64.0 Å². The van der Waals surface area contributed by atoms with Crippen LogP contribution in [0.2, 0.25) is 0 Å². The molecular weight excluding hydrogens is 126 g/mol. The molecule has 0 saturated heterocycles. The smallest absolute Gasteiger partial charge is 0.0599 e. The molecule has 0 radical (unpaired) electrons. The largest absolute Gasteiger partial charge is 0.375 e. The highest BCUT2D eigenvalue weighted by molar-refractivity contribution is 4.58. The molecule has 10 heavy (non-hydrogen) atoms. The summed E-state index contributed by atoms with van der Waals surface area (Å²) in [4.78, 5) is 0. The average molecular weight is 145 g/mol. The number of ether oxygens (including phenoxy) is 1. The summed E-state index contributed by atoms with van der Waals surface area (Å²) in [6.45, 7) is 11.1. The van der Waals surface area contributed by atoms with Gasteiger partial charge in [0.05, 0.1) is 12.2 Å². The molecule has 2 nitrogen and oxygen atoms in total. The molecule has 0 aromatic heterocycles. The minimum absolute atomic E-state index is 0.00935. The molecule has 0 aliphatic carbocycles. The number of hydrogen-bond donors (Lipinski definition) is 1. The van der Waals surface area contributed by atoms with Crippen LogP contribution in [0.4, 0.5) is 0 Å². The molecule has 1 N–H and O–H groups in total. The van der Waals surface area contributed by atoms with E-state index in [0.29, 0.717) is 0 Å². The molecule has 0 aliphatic rings. The van der Waals surface area contributed by atoms with Gasteiger partial charge in [0.15, 0.2) is 0 Å². The number of hydrogen-bond acceptors (Lipinski definition) is 2. The number of likely N-dealkylation sites (N-methyl/N-ethyl adjacent to an activating group) is 1. The molecule has 0 aromatic carbocycles. The minimum Gasteiger partial charge on any atom is -0.375 e. The summed E-state index contributed by atoms with van der Waals surface area (Å²) in [7, 11) is 0. The van der Waals surface area contributed by atoms with Crippen LogP contribution in [0.1, 0.15) is 27.7 Å². The Bertz CT molecular complexity index is 75.8. The summed E-state index contributed by atoms with van der Waals surface area (Å²) in [5, 5.41) is 3.20. The molecule has 0 aliphatic heterocycles. The second-order valence-electron chi connectivity index (χ2n) is 3.31. The zero-order valence-electron chi connectivity index (χ0n) is 7.53. The summed E-state index contributed by atoms with van der Waals surface area (Å²) in [6, 6.07) is 0. The van der Waals surface area contributed by atoms with E-state index >= 15 is 0 Å². The molecule has 0 unspecified atom stereocenters. The van der Waals surface area contributed by atoms with Crippen LogP contribution in [0.5, 0.6) is 0 Å². The molecular formula is C8H19NO. The first kappa shape index (κ1) is 9.92. The second-order valence-corrected chi connectivity index (χ2v) is 3.31. The van der Waals surface area contributed by atoms with Crippen molar-refractivity contribution in [1.82, 2.24) is 5.32 Å². The Hall–Kier alpha value is -0.0800. The molecule has 0 atom stereocenters. The van der Waals surface area contributed by atoms with Crippen molar-refractivity contribution in [2.75, 3.05) is 19.7 Å². The second kappa shape index (κ2) is 4.69.